The normalized spacial score (nSPS) is 34.1. The lowest BCUT2D eigenvalue weighted by Gasteiger charge is -2.46. The van der Waals surface area contributed by atoms with Crippen LogP contribution in [0.1, 0.15) is 20.3 Å². The van der Waals surface area contributed by atoms with E-state index in [-0.39, 0.29) is 29.6 Å². The van der Waals surface area contributed by atoms with E-state index in [1.807, 2.05) is 6.92 Å². The molecule has 4 N–H and O–H groups in total. The molecule has 0 bridgehead atoms. The number of carboxylic acid groups (broad SMARTS) is 1. The second kappa shape index (κ2) is 6.18. The SMILES string of the molecule is C[C@@H](O)C1C(=O)N2C(C(=O)O)=C(CN3CC[C@H](NC=N)C3)[C@H](C)[C@H]12. The van der Waals surface area contributed by atoms with Crippen molar-refractivity contribution in [3.63, 3.8) is 0 Å². The van der Waals surface area contributed by atoms with Gasteiger partial charge in [0.15, 0.2) is 0 Å². The molecule has 0 saturated carbocycles. The molecule has 3 rings (SSSR count). The summed E-state index contributed by atoms with van der Waals surface area (Å²) in [6.45, 7) is 5.60. The second-order valence-electron chi connectivity index (χ2n) is 6.96. The quantitative estimate of drug-likeness (QED) is 0.294. The largest absolute Gasteiger partial charge is 0.477 e. The number of carbonyl (C=O) groups is 2. The first-order chi connectivity index (χ1) is 11.4. The molecule has 0 radical (unpaired) electrons. The zero-order chi connectivity index (χ0) is 17.6. The van der Waals surface area contributed by atoms with Crippen molar-refractivity contribution in [2.24, 2.45) is 11.8 Å². The number of likely N-dealkylation sites (tertiary alicyclic amines) is 1. The fourth-order valence-electron chi connectivity index (χ4n) is 4.32. The van der Waals surface area contributed by atoms with Gasteiger partial charge in [0.25, 0.3) is 0 Å². The number of hydrogen-bond donors (Lipinski definition) is 4. The number of aliphatic carboxylic acids is 1. The van der Waals surface area contributed by atoms with Crippen LogP contribution >= 0.6 is 0 Å². The molecule has 5 atom stereocenters. The number of nitrogens with one attached hydrogen (secondary N) is 2. The Morgan fingerprint density at radius 1 is 1.54 bits per heavy atom. The molecule has 0 aromatic heterocycles. The number of β-lactam (4-membered cyclic amide) rings is 1. The van der Waals surface area contributed by atoms with Gasteiger partial charge in [0.2, 0.25) is 5.91 Å². The average molecular weight is 336 g/mol. The van der Waals surface area contributed by atoms with Crippen molar-refractivity contribution < 1.29 is 19.8 Å². The van der Waals surface area contributed by atoms with E-state index in [4.69, 9.17) is 5.41 Å². The van der Waals surface area contributed by atoms with Gasteiger partial charge in [-0.1, -0.05) is 6.92 Å². The molecule has 2 saturated heterocycles. The van der Waals surface area contributed by atoms with Gasteiger partial charge >= 0.3 is 5.97 Å². The molecule has 8 nitrogen and oxygen atoms in total. The van der Waals surface area contributed by atoms with E-state index in [1.54, 1.807) is 6.92 Å². The summed E-state index contributed by atoms with van der Waals surface area (Å²) in [5.41, 5.74) is 0.859. The summed E-state index contributed by atoms with van der Waals surface area (Å²) in [6.07, 6.45) is 1.32. The lowest BCUT2D eigenvalue weighted by Crippen LogP contribution is -2.63. The monoisotopic (exact) mass is 336 g/mol. The van der Waals surface area contributed by atoms with E-state index in [9.17, 15) is 19.8 Å². The van der Waals surface area contributed by atoms with Gasteiger partial charge in [-0.3, -0.25) is 15.1 Å². The van der Waals surface area contributed by atoms with Crippen LogP contribution < -0.4 is 5.32 Å². The number of fused-ring (bicyclic) bond motifs is 1. The maximum absolute atomic E-state index is 12.3. The minimum Gasteiger partial charge on any atom is -0.477 e. The maximum atomic E-state index is 12.3. The van der Waals surface area contributed by atoms with Crippen molar-refractivity contribution in [1.29, 1.82) is 5.41 Å². The Morgan fingerprint density at radius 2 is 2.25 bits per heavy atom. The van der Waals surface area contributed by atoms with E-state index in [0.717, 1.165) is 25.1 Å². The Kier molecular flexibility index (Phi) is 4.35. The number of amides is 1. The van der Waals surface area contributed by atoms with Crippen LogP contribution in [0, 0.1) is 17.2 Å². The maximum Gasteiger partial charge on any atom is 0.352 e. The molecule has 132 valence electrons. The third-order valence-corrected chi connectivity index (χ3v) is 5.50. The highest BCUT2D eigenvalue weighted by Gasteiger charge is 2.59. The van der Waals surface area contributed by atoms with Gasteiger partial charge in [0.05, 0.1) is 24.4 Å². The van der Waals surface area contributed by atoms with Crippen LogP contribution in [0.25, 0.3) is 0 Å². The van der Waals surface area contributed by atoms with Crippen molar-refractivity contribution in [3.05, 3.63) is 11.3 Å². The fraction of sp³-hybridized carbons (Fsp3) is 0.688. The Morgan fingerprint density at radius 3 is 2.83 bits per heavy atom. The van der Waals surface area contributed by atoms with E-state index in [1.165, 1.54) is 11.2 Å². The molecule has 0 aromatic carbocycles. The first kappa shape index (κ1) is 16.9. The fourth-order valence-corrected chi connectivity index (χ4v) is 4.32. The van der Waals surface area contributed by atoms with Gasteiger partial charge in [-0.25, -0.2) is 4.79 Å². The lowest BCUT2D eigenvalue weighted by molar-refractivity contribution is -0.163. The van der Waals surface area contributed by atoms with Crippen LogP contribution in [0.2, 0.25) is 0 Å². The van der Waals surface area contributed by atoms with Gasteiger partial charge in [0.1, 0.15) is 5.70 Å². The highest BCUT2D eigenvalue weighted by atomic mass is 16.4. The third-order valence-electron chi connectivity index (χ3n) is 5.50. The summed E-state index contributed by atoms with van der Waals surface area (Å²) in [5.74, 6) is -1.97. The lowest BCUT2D eigenvalue weighted by atomic mass is 9.77. The van der Waals surface area contributed by atoms with Crippen LogP contribution in [0.3, 0.4) is 0 Å². The summed E-state index contributed by atoms with van der Waals surface area (Å²) in [7, 11) is 0. The molecule has 2 fully saturated rings. The zero-order valence-electron chi connectivity index (χ0n) is 13.9. The molecular formula is C16H24N4O4. The molecule has 8 heteroatoms. The van der Waals surface area contributed by atoms with E-state index < -0.39 is 18.0 Å². The van der Waals surface area contributed by atoms with Crippen LogP contribution in [-0.2, 0) is 9.59 Å². The van der Waals surface area contributed by atoms with Crippen LogP contribution in [0.5, 0.6) is 0 Å². The summed E-state index contributed by atoms with van der Waals surface area (Å²) >= 11 is 0. The minimum absolute atomic E-state index is 0.0804. The Hall–Kier alpha value is -1.93. The molecule has 0 aromatic rings. The van der Waals surface area contributed by atoms with Gasteiger partial charge in [-0.2, -0.15) is 0 Å². The molecular weight excluding hydrogens is 312 g/mol. The molecule has 0 aliphatic carbocycles. The van der Waals surface area contributed by atoms with Gasteiger partial charge in [-0.05, 0) is 18.9 Å². The van der Waals surface area contributed by atoms with Gasteiger partial charge in [-0.15, -0.1) is 0 Å². The molecule has 3 aliphatic heterocycles. The molecule has 1 unspecified atom stereocenters. The van der Waals surface area contributed by atoms with Crippen molar-refractivity contribution in [3.8, 4) is 0 Å². The number of aliphatic hydroxyl groups excluding tert-OH is 1. The first-order valence-corrected chi connectivity index (χ1v) is 8.31. The van der Waals surface area contributed by atoms with Crippen LogP contribution in [-0.4, -0.2) is 76.0 Å². The van der Waals surface area contributed by atoms with E-state index in [0.29, 0.717) is 6.54 Å². The third kappa shape index (κ3) is 2.50. The first-order valence-electron chi connectivity index (χ1n) is 8.31. The van der Waals surface area contributed by atoms with E-state index in [2.05, 4.69) is 10.2 Å². The van der Waals surface area contributed by atoms with Gasteiger partial charge in [0, 0.05) is 31.6 Å². The van der Waals surface area contributed by atoms with Crippen molar-refractivity contribution in [1.82, 2.24) is 15.1 Å². The topological polar surface area (TPSA) is 117 Å². The van der Waals surface area contributed by atoms with Crippen molar-refractivity contribution in [2.75, 3.05) is 19.6 Å². The number of aliphatic hydroxyl groups is 1. The Balaban J connectivity index is 1.80. The number of nitrogens with zero attached hydrogens (tertiary/aromatic N) is 2. The Labute approximate surface area is 140 Å². The zero-order valence-corrected chi connectivity index (χ0v) is 13.9. The Bertz CT molecular complexity index is 603. The number of hydrogen-bond acceptors (Lipinski definition) is 5. The summed E-state index contributed by atoms with van der Waals surface area (Å²) in [6, 6.07) is -0.0475. The number of carbonyl (C=O) groups excluding carboxylic acids is 1. The predicted octanol–water partition coefficient (Wildman–Crippen LogP) is -0.546. The summed E-state index contributed by atoms with van der Waals surface area (Å²) < 4.78 is 0. The smallest absolute Gasteiger partial charge is 0.352 e. The molecule has 3 aliphatic rings. The average Bonchev–Trinajstić information content (AvgIpc) is 3.02. The number of rotatable bonds is 6. The predicted molar refractivity (Wildman–Crippen MR) is 86.4 cm³/mol. The highest BCUT2D eigenvalue weighted by Crippen LogP contribution is 2.47. The minimum atomic E-state index is -1.08. The van der Waals surface area contributed by atoms with Gasteiger partial charge < -0.3 is 20.4 Å². The van der Waals surface area contributed by atoms with Crippen LogP contribution in [0.4, 0.5) is 0 Å². The molecule has 0 spiro atoms. The van der Waals surface area contributed by atoms with Crippen molar-refractivity contribution >= 4 is 18.2 Å². The second-order valence-corrected chi connectivity index (χ2v) is 6.96. The number of carboxylic acids is 1. The summed E-state index contributed by atoms with van der Waals surface area (Å²) in [4.78, 5) is 27.5. The van der Waals surface area contributed by atoms with Crippen molar-refractivity contribution in [2.45, 2.75) is 38.5 Å². The molecule has 24 heavy (non-hydrogen) atoms. The summed E-state index contributed by atoms with van der Waals surface area (Å²) in [5, 5.41) is 29.5. The van der Waals surface area contributed by atoms with E-state index >= 15 is 0 Å². The highest BCUT2D eigenvalue weighted by molar-refractivity contribution is 6.00. The molecule has 1 amide bonds. The standard InChI is InChI=1S/C16H24N4O4/c1-8-11(6-19-4-3-10(5-19)18-7-17)14(16(23)24)20-13(8)12(9(2)21)15(20)22/h7-10,12-13,21H,3-6H2,1-2H3,(H2,17,18)(H,23,24)/t8-,9+,10-,12?,13+/m0/s1. The molecule has 3 heterocycles. The van der Waals surface area contributed by atoms with Crippen LogP contribution in [0.15, 0.2) is 11.3 Å².